The van der Waals surface area contributed by atoms with E-state index in [4.69, 9.17) is 9.98 Å². The van der Waals surface area contributed by atoms with Gasteiger partial charge in [0.05, 0.1) is 5.54 Å². The van der Waals surface area contributed by atoms with E-state index in [9.17, 15) is 0 Å². The van der Waals surface area contributed by atoms with Gasteiger partial charge >= 0.3 is 21.1 Å². The number of aliphatic imine (C=N–C) groups is 1. The zero-order chi connectivity index (χ0) is 42.7. The molecule has 0 spiro atoms. The van der Waals surface area contributed by atoms with Crippen molar-refractivity contribution in [3.63, 3.8) is 0 Å². The maximum atomic E-state index is 5.74. The Morgan fingerprint density at radius 1 is 0.770 bits per heavy atom. The summed E-state index contributed by atoms with van der Waals surface area (Å²) in [5.74, 6) is 2.34. The molecule has 4 heterocycles. The first-order chi connectivity index (χ1) is 28.2. The third-order valence-corrected chi connectivity index (χ3v) is 14.5. The summed E-state index contributed by atoms with van der Waals surface area (Å²) in [6.45, 7) is 31.0. The molecule has 5 nitrogen and oxygen atoms in total. The Labute approximate surface area is 380 Å². The van der Waals surface area contributed by atoms with Gasteiger partial charge < -0.3 is 19.4 Å². The number of pyridine rings is 1. The summed E-state index contributed by atoms with van der Waals surface area (Å²) in [4.78, 5) is 15.9. The Balaban J connectivity index is 0.00000514. The second-order valence-corrected chi connectivity index (χ2v) is 21.5. The zero-order valence-electron chi connectivity index (χ0n) is 38.9. The smallest absolute Gasteiger partial charge is 0.391 e. The minimum Gasteiger partial charge on any atom is -0.391 e. The summed E-state index contributed by atoms with van der Waals surface area (Å²) >= 11 is 0. The monoisotopic (exact) mass is 990 g/mol. The van der Waals surface area contributed by atoms with Gasteiger partial charge in [-0.05, 0) is 102 Å². The number of hydrogen-bond donors (Lipinski definition) is 0. The maximum Gasteiger partial charge on any atom is 2.00 e. The normalized spacial score (nSPS) is 19.3. The molecule has 0 bridgehead atoms. The first-order valence-electron chi connectivity index (χ1n) is 22.6. The van der Waals surface area contributed by atoms with Crippen molar-refractivity contribution in [1.29, 1.82) is 0 Å². The summed E-state index contributed by atoms with van der Waals surface area (Å²) in [5.41, 5.74) is 13.7. The number of nitrogens with zero attached hydrogens (tertiary/aromatic N) is 5. The number of amidine groups is 1. The van der Waals surface area contributed by atoms with Crippen LogP contribution in [0.4, 0.5) is 17.1 Å². The van der Waals surface area contributed by atoms with Crippen molar-refractivity contribution in [2.75, 3.05) is 11.4 Å². The molecule has 1 atom stereocenters. The number of hydrogen-bond acceptors (Lipinski definition) is 4. The van der Waals surface area contributed by atoms with E-state index in [1.165, 1.54) is 81.9 Å². The van der Waals surface area contributed by atoms with Crippen LogP contribution in [-0.4, -0.2) is 38.4 Å². The van der Waals surface area contributed by atoms with Crippen molar-refractivity contribution in [3.8, 4) is 5.82 Å². The summed E-state index contributed by atoms with van der Waals surface area (Å²) in [7, 11) is 0. The summed E-state index contributed by atoms with van der Waals surface area (Å²) < 4.78 is 2.35. The molecule has 6 heteroatoms. The topological polar surface area (TPSA) is 36.7 Å². The predicted octanol–water partition coefficient (Wildman–Crippen LogP) is 14.1. The van der Waals surface area contributed by atoms with Gasteiger partial charge in [-0.1, -0.05) is 135 Å². The van der Waals surface area contributed by atoms with E-state index in [1.807, 2.05) is 6.20 Å². The van der Waals surface area contributed by atoms with Crippen LogP contribution in [0.5, 0.6) is 0 Å². The van der Waals surface area contributed by atoms with Gasteiger partial charge in [0.2, 0.25) is 0 Å². The molecular formula is C55H65N5Pt. The molecule has 9 rings (SSSR count). The Kier molecular flexibility index (Phi) is 10.9. The fourth-order valence-electron chi connectivity index (χ4n) is 10.1. The van der Waals surface area contributed by atoms with Crippen molar-refractivity contribution < 1.29 is 21.1 Å². The van der Waals surface area contributed by atoms with Crippen LogP contribution in [0.1, 0.15) is 153 Å². The minimum absolute atomic E-state index is 0. The summed E-state index contributed by atoms with van der Waals surface area (Å²) in [6.07, 6.45) is 8.32. The third-order valence-electron chi connectivity index (χ3n) is 14.5. The molecule has 1 saturated carbocycles. The maximum absolute atomic E-state index is 5.74. The first-order valence-corrected chi connectivity index (χ1v) is 22.6. The van der Waals surface area contributed by atoms with Crippen molar-refractivity contribution in [2.45, 2.75) is 150 Å². The molecule has 0 saturated heterocycles. The molecule has 2 aliphatic heterocycles. The van der Waals surface area contributed by atoms with E-state index < -0.39 is 0 Å². The number of fused-ring (bicyclic) bond motifs is 5. The molecule has 3 aliphatic rings. The SMILES string of the molecule is Cc1ccc2c(c1)C(C)(C)c1cc3c4cc(C)ccc4n(-c4cc(C(C)(C)C)ccn4)c3[c-]c1N2c1[c-]c(C2=N[C@](C)(C(C)(C)C)CN2C2CCCCC2)cc(C(C)C)c1.[Pt+2]. The van der Waals surface area contributed by atoms with Crippen molar-refractivity contribution >= 4 is 44.7 Å². The van der Waals surface area contributed by atoms with Crippen LogP contribution in [-0.2, 0) is 31.9 Å². The number of aromatic nitrogens is 2. The fourth-order valence-corrected chi connectivity index (χ4v) is 10.1. The number of benzene rings is 4. The molecule has 1 aliphatic carbocycles. The summed E-state index contributed by atoms with van der Waals surface area (Å²) in [6, 6.07) is 34.2. The van der Waals surface area contributed by atoms with Gasteiger partial charge in [0.15, 0.2) is 0 Å². The van der Waals surface area contributed by atoms with Gasteiger partial charge in [0, 0.05) is 35.8 Å². The fraction of sp³-hybridized carbons (Fsp3) is 0.455. The Morgan fingerprint density at radius 3 is 2.16 bits per heavy atom. The molecular weight excluding hydrogens is 926 g/mol. The molecule has 0 radical (unpaired) electrons. The van der Waals surface area contributed by atoms with Gasteiger partial charge in [0.1, 0.15) is 5.82 Å². The van der Waals surface area contributed by atoms with E-state index in [0.717, 1.165) is 46.2 Å². The Bertz CT molecular complexity index is 2700. The minimum atomic E-state index is -0.291. The third kappa shape index (κ3) is 7.29. The second kappa shape index (κ2) is 15.3. The second-order valence-electron chi connectivity index (χ2n) is 21.5. The van der Waals surface area contributed by atoms with Gasteiger partial charge in [-0.2, -0.15) is 6.07 Å². The summed E-state index contributed by atoms with van der Waals surface area (Å²) in [5, 5.41) is 2.43. The van der Waals surface area contributed by atoms with Crippen LogP contribution in [0, 0.1) is 31.4 Å². The molecule has 6 aromatic rings. The van der Waals surface area contributed by atoms with Crippen LogP contribution in [0.2, 0.25) is 0 Å². The van der Waals surface area contributed by atoms with E-state index in [2.05, 4.69) is 183 Å². The number of anilines is 3. The van der Waals surface area contributed by atoms with Crippen LogP contribution >= 0.6 is 0 Å². The van der Waals surface area contributed by atoms with Crippen molar-refractivity contribution in [1.82, 2.24) is 14.5 Å². The van der Waals surface area contributed by atoms with Crippen LogP contribution in [0.25, 0.3) is 27.6 Å². The molecule has 0 N–H and O–H groups in total. The largest absolute Gasteiger partial charge is 2.00 e. The predicted molar refractivity (Wildman–Crippen MR) is 253 cm³/mol. The number of aryl methyl sites for hydroxylation is 2. The van der Waals surface area contributed by atoms with Gasteiger partial charge in [-0.3, -0.25) is 0 Å². The van der Waals surface area contributed by atoms with Crippen LogP contribution in [0.3, 0.4) is 0 Å². The molecule has 1 fully saturated rings. The number of rotatable bonds is 5. The van der Waals surface area contributed by atoms with E-state index in [0.29, 0.717) is 12.0 Å². The van der Waals surface area contributed by atoms with Crippen LogP contribution < -0.4 is 4.90 Å². The first kappa shape index (κ1) is 43.4. The molecule has 0 amide bonds. The van der Waals surface area contributed by atoms with Crippen molar-refractivity contribution in [2.24, 2.45) is 10.4 Å². The quantitative estimate of drug-likeness (QED) is 0.162. The molecule has 61 heavy (non-hydrogen) atoms. The molecule has 4 aromatic carbocycles. The van der Waals surface area contributed by atoms with Gasteiger partial charge in [-0.15, -0.1) is 46.3 Å². The molecule has 320 valence electrons. The average molecular weight is 991 g/mol. The zero-order valence-corrected chi connectivity index (χ0v) is 41.2. The molecule has 0 unspecified atom stereocenters. The molecule has 2 aromatic heterocycles. The van der Waals surface area contributed by atoms with E-state index in [1.54, 1.807) is 0 Å². The Hall–Kier alpha value is -4.21. The van der Waals surface area contributed by atoms with Gasteiger partial charge in [-0.25, -0.2) is 4.98 Å². The van der Waals surface area contributed by atoms with Crippen LogP contribution in [0.15, 0.2) is 77.9 Å². The van der Waals surface area contributed by atoms with E-state index in [-0.39, 0.29) is 42.8 Å². The van der Waals surface area contributed by atoms with Gasteiger partial charge in [0.25, 0.3) is 0 Å². The van der Waals surface area contributed by atoms with Crippen molar-refractivity contribution in [3.05, 3.63) is 124 Å². The average Bonchev–Trinajstić information content (AvgIpc) is 3.73. The van der Waals surface area contributed by atoms with E-state index >= 15 is 0 Å². The standard InChI is InChI=1S/C55H65N5.Pt/c1-34(2)37-27-38(51-57-55(13,53(8,9)10)33-58(51)40-17-15-14-16-18-40)29-41(28-37)59-47-22-20-36(4)26-44(47)54(11,12)45-31-43-42-25-35(3)19-21-46(42)60(48(43)32-49(45)59)50-30-39(23-24-56-50)52(5,6)7;/h19-28,30-31,34,40H,14-18,33H2,1-13H3;/q-2;+2/t55-;/m0./s1. The Morgan fingerprint density at radius 2 is 1.48 bits per heavy atom.